The van der Waals surface area contributed by atoms with Gasteiger partial charge in [-0.1, -0.05) is 6.07 Å². The highest BCUT2D eigenvalue weighted by molar-refractivity contribution is 5.98. The second-order valence-electron chi connectivity index (χ2n) is 9.50. The number of benzene rings is 2. The van der Waals surface area contributed by atoms with Crippen LogP contribution in [0.2, 0.25) is 0 Å². The smallest absolute Gasteiger partial charge is 0.326 e. The van der Waals surface area contributed by atoms with Gasteiger partial charge in [0.25, 0.3) is 11.5 Å². The topological polar surface area (TPSA) is 245 Å². The summed E-state index contributed by atoms with van der Waals surface area (Å²) in [4.78, 5) is 79.6. The summed E-state index contributed by atoms with van der Waals surface area (Å²) in [6.45, 7) is 0.412. The number of fused-ring (bicyclic) bond motifs is 1. The van der Waals surface area contributed by atoms with E-state index in [4.69, 9.17) is 15.9 Å². The molecule has 3 aromatic rings. The molecule has 1 heterocycles. The SMILES string of the molecule is CN(Cc1ccc2nc(N)[nH]c(=O)c2c1)c1ccc(C(=O)N[C@@H](CCC(=O)O)C(=O)N[C@@H](CCC(=O)O)C(=O)O)cc1. The third-order valence-corrected chi connectivity index (χ3v) is 6.31. The lowest BCUT2D eigenvalue weighted by molar-refractivity contribution is -0.143. The van der Waals surface area contributed by atoms with Gasteiger partial charge in [0.1, 0.15) is 12.1 Å². The van der Waals surface area contributed by atoms with Crippen molar-refractivity contribution in [2.45, 2.75) is 44.3 Å². The van der Waals surface area contributed by atoms with E-state index in [9.17, 15) is 33.9 Å². The lowest BCUT2D eigenvalue weighted by Gasteiger charge is -2.22. The first kappa shape index (κ1) is 31.1. The van der Waals surface area contributed by atoms with E-state index in [2.05, 4.69) is 20.6 Å². The van der Waals surface area contributed by atoms with Crippen molar-refractivity contribution in [3.63, 3.8) is 0 Å². The summed E-state index contributed by atoms with van der Waals surface area (Å²) < 4.78 is 0. The molecule has 222 valence electrons. The van der Waals surface area contributed by atoms with E-state index in [-0.39, 0.29) is 23.5 Å². The number of aliphatic carboxylic acids is 3. The number of aromatic nitrogens is 2. The fraction of sp³-hybridized carbons (Fsp3) is 0.296. The summed E-state index contributed by atoms with van der Waals surface area (Å²) in [5.41, 5.74) is 7.39. The van der Waals surface area contributed by atoms with Gasteiger partial charge in [-0.25, -0.2) is 9.78 Å². The van der Waals surface area contributed by atoms with Crippen molar-refractivity contribution in [2.24, 2.45) is 0 Å². The number of carboxylic acid groups (broad SMARTS) is 3. The van der Waals surface area contributed by atoms with Crippen LogP contribution in [-0.4, -0.2) is 74.1 Å². The predicted molar refractivity (Wildman–Crippen MR) is 150 cm³/mol. The third kappa shape index (κ3) is 8.51. The molecule has 0 fully saturated rings. The van der Waals surface area contributed by atoms with Gasteiger partial charge >= 0.3 is 17.9 Å². The number of nitrogens with two attached hydrogens (primary N) is 1. The van der Waals surface area contributed by atoms with E-state index in [1.807, 2.05) is 11.0 Å². The van der Waals surface area contributed by atoms with Crippen LogP contribution in [0.3, 0.4) is 0 Å². The first-order valence-electron chi connectivity index (χ1n) is 12.7. The third-order valence-electron chi connectivity index (χ3n) is 6.31. The Labute approximate surface area is 238 Å². The molecule has 3 rings (SSSR count). The number of anilines is 2. The summed E-state index contributed by atoms with van der Waals surface area (Å²) in [6, 6.07) is 8.60. The van der Waals surface area contributed by atoms with Gasteiger partial charge in [-0.15, -0.1) is 0 Å². The highest BCUT2D eigenvalue weighted by Gasteiger charge is 2.27. The van der Waals surface area contributed by atoms with Crippen LogP contribution < -0.4 is 26.8 Å². The number of aromatic amines is 1. The van der Waals surface area contributed by atoms with Gasteiger partial charge in [0.15, 0.2) is 0 Å². The molecule has 15 heteroatoms. The summed E-state index contributed by atoms with van der Waals surface area (Å²) in [6.07, 6.45) is -1.73. The fourth-order valence-electron chi connectivity index (χ4n) is 4.11. The predicted octanol–water partition coefficient (Wildman–Crippen LogP) is 0.539. The minimum Gasteiger partial charge on any atom is -0.481 e. The number of carbonyl (C=O) groups is 5. The number of nitrogens with zero attached hydrogens (tertiary/aromatic N) is 2. The molecular formula is C27H30N6O9. The first-order chi connectivity index (χ1) is 19.8. The molecule has 2 amide bonds. The highest BCUT2D eigenvalue weighted by atomic mass is 16.4. The van der Waals surface area contributed by atoms with Crippen LogP contribution in [0, 0.1) is 0 Å². The Balaban J connectivity index is 1.69. The number of carboxylic acids is 3. The van der Waals surface area contributed by atoms with Crippen molar-refractivity contribution < 1.29 is 39.3 Å². The molecule has 15 nitrogen and oxygen atoms in total. The van der Waals surface area contributed by atoms with E-state index in [1.165, 1.54) is 12.1 Å². The quantitative estimate of drug-likeness (QED) is 0.138. The molecule has 0 radical (unpaired) electrons. The van der Waals surface area contributed by atoms with E-state index in [0.29, 0.717) is 17.4 Å². The zero-order valence-corrected chi connectivity index (χ0v) is 22.5. The maximum absolute atomic E-state index is 12.9. The molecule has 0 bridgehead atoms. The molecule has 0 unspecified atom stereocenters. The van der Waals surface area contributed by atoms with Crippen LogP contribution in [0.4, 0.5) is 11.6 Å². The molecule has 0 aliphatic heterocycles. The second-order valence-corrected chi connectivity index (χ2v) is 9.50. The molecule has 1 aromatic heterocycles. The maximum atomic E-state index is 12.9. The van der Waals surface area contributed by atoms with Crippen LogP contribution in [0.1, 0.15) is 41.6 Å². The van der Waals surface area contributed by atoms with Gasteiger partial charge in [0.05, 0.1) is 10.9 Å². The van der Waals surface area contributed by atoms with Crippen LogP contribution in [0.25, 0.3) is 10.9 Å². The average molecular weight is 583 g/mol. The molecule has 2 atom stereocenters. The normalized spacial score (nSPS) is 12.2. The number of carbonyl (C=O) groups excluding carboxylic acids is 2. The number of amides is 2. The molecule has 0 spiro atoms. The molecule has 0 saturated carbocycles. The zero-order valence-electron chi connectivity index (χ0n) is 22.5. The Morgan fingerprint density at radius 1 is 0.929 bits per heavy atom. The Hall–Kier alpha value is -5.47. The van der Waals surface area contributed by atoms with Crippen LogP contribution in [0.5, 0.6) is 0 Å². The number of rotatable bonds is 14. The number of H-pyrrole nitrogens is 1. The zero-order chi connectivity index (χ0) is 31.0. The Bertz CT molecular complexity index is 1550. The number of hydrogen-bond acceptors (Lipinski definition) is 9. The monoisotopic (exact) mass is 582 g/mol. The van der Waals surface area contributed by atoms with Crippen molar-refractivity contribution in [1.82, 2.24) is 20.6 Å². The molecule has 8 N–H and O–H groups in total. The standard InChI is InChI=1S/C27H30N6O9/c1-33(13-14-2-7-18-17(12-14)24(39)32-27(28)31-18)16-5-3-15(4-6-16)23(38)29-19(8-10-21(34)35)25(40)30-20(26(41)42)9-11-22(36)37/h2-7,12,19-20H,8-11,13H2,1H3,(H,29,38)(H,30,40)(H,34,35)(H,36,37)(H,41,42)(H3,28,31,32,39)/t19-,20-/m0/s1. The lowest BCUT2D eigenvalue weighted by Crippen LogP contribution is -2.51. The van der Waals surface area contributed by atoms with Gasteiger partial charge < -0.3 is 36.6 Å². The maximum Gasteiger partial charge on any atom is 0.326 e. The van der Waals surface area contributed by atoms with Crippen LogP contribution in [0.15, 0.2) is 47.3 Å². The molecular weight excluding hydrogens is 552 g/mol. The number of hydrogen-bond donors (Lipinski definition) is 7. The van der Waals surface area contributed by atoms with Crippen molar-refractivity contribution in [3.05, 3.63) is 63.9 Å². The molecule has 0 aliphatic rings. The van der Waals surface area contributed by atoms with Gasteiger partial charge in [0.2, 0.25) is 11.9 Å². The van der Waals surface area contributed by atoms with Crippen LogP contribution >= 0.6 is 0 Å². The Kier molecular flexibility index (Phi) is 10.2. The minimum atomic E-state index is -1.54. The Morgan fingerprint density at radius 3 is 2.14 bits per heavy atom. The second kappa shape index (κ2) is 13.7. The van der Waals surface area contributed by atoms with Gasteiger partial charge in [-0.3, -0.25) is 29.0 Å². The van der Waals surface area contributed by atoms with Crippen molar-refractivity contribution in [3.8, 4) is 0 Å². The summed E-state index contributed by atoms with van der Waals surface area (Å²) in [5, 5.41) is 32.2. The Morgan fingerprint density at radius 2 is 1.55 bits per heavy atom. The molecule has 0 saturated heterocycles. The minimum absolute atomic E-state index is 0.0236. The molecule has 0 aliphatic carbocycles. The summed E-state index contributed by atoms with van der Waals surface area (Å²) >= 11 is 0. The summed E-state index contributed by atoms with van der Waals surface area (Å²) in [7, 11) is 1.81. The van der Waals surface area contributed by atoms with Gasteiger partial charge in [0, 0.05) is 37.7 Å². The molecule has 42 heavy (non-hydrogen) atoms. The van der Waals surface area contributed by atoms with E-state index < -0.39 is 61.1 Å². The number of nitrogen functional groups attached to an aromatic ring is 1. The van der Waals surface area contributed by atoms with E-state index in [0.717, 1.165) is 11.3 Å². The fourth-order valence-corrected chi connectivity index (χ4v) is 4.11. The number of nitrogens with one attached hydrogen (secondary N) is 3. The largest absolute Gasteiger partial charge is 0.481 e. The van der Waals surface area contributed by atoms with E-state index in [1.54, 1.807) is 31.3 Å². The van der Waals surface area contributed by atoms with Gasteiger partial charge in [-0.2, -0.15) is 0 Å². The lowest BCUT2D eigenvalue weighted by atomic mass is 10.1. The van der Waals surface area contributed by atoms with Crippen molar-refractivity contribution >= 4 is 52.3 Å². The molecule has 2 aromatic carbocycles. The van der Waals surface area contributed by atoms with Gasteiger partial charge in [-0.05, 0) is 54.8 Å². The van der Waals surface area contributed by atoms with E-state index >= 15 is 0 Å². The highest BCUT2D eigenvalue weighted by Crippen LogP contribution is 2.19. The summed E-state index contributed by atoms with van der Waals surface area (Å²) in [5.74, 6) is -5.58. The van der Waals surface area contributed by atoms with Crippen molar-refractivity contribution in [2.75, 3.05) is 17.7 Å². The van der Waals surface area contributed by atoms with Crippen molar-refractivity contribution in [1.29, 1.82) is 0 Å². The first-order valence-corrected chi connectivity index (χ1v) is 12.7. The average Bonchev–Trinajstić information content (AvgIpc) is 2.93. The van der Waals surface area contributed by atoms with Crippen LogP contribution in [-0.2, 0) is 25.7 Å².